The topological polar surface area (TPSA) is 75.1 Å². The normalized spacial score (nSPS) is 17.8. The minimum atomic E-state index is -0.596. The van der Waals surface area contributed by atoms with Crippen LogP contribution in [-0.2, 0) is 0 Å². The van der Waals surface area contributed by atoms with E-state index in [0.29, 0.717) is 18.8 Å². The number of nitrogens with zero attached hydrogens (tertiary/aromatic N) is 3. The van der Waals surface area contributed by atoms with Crippen LogP contribution in [-0.4, -0.2) is 28.0 Å². The summed E-state index contributed by atoms with van der Waals surface area (Å²) in [5.41, 5.74) is 2.18. The number of nitro groups is 1. The van der Waals surface area contributed by atoms with E-state index in [1.165, 1.54) is 12.1 Å². The number of hydrogen-bond acceptors (Lipinski definition) is 4. The lowest BCUT2D eigenvalue weighted by Crippen LogP contribution is -2.35. The number of anilines is 1. The number of aromatic nitrogens is 2. The fraction of sp³-hybridized carbons (Fsp3) is 0.278. The zero-order valence-corrected chi connectivity index (χ0v) is 13.5. The Morgan fingerprint density at radius 3 is 2.92 bits per heavy atom. The Morgan fingerprint density at radius 2 is 2.12 bits per heavy atom. The standard InChI is InChI=1S/C18H17FN4O2/c19-13-7-8-16(17(10-13)23(24)25)22-9-3-4-12(11-22)18-20-14-5-1-2-6-15(14)21-18/h1-2,5-8,10,12H,3-4,9,11H2,(H,20,21)/t12-/m0/s1. The molecule has 3 aromatic rings. The van der Waals surface area contributed by atoms with Gasteiger partial charge in [-0.05, 0) is 37.1 Å². The van der Waals surface area contributed by atoms with Gasteiger partial charge in [0.05, 0.1) is 22.0 Å². The van der Waals surface area contributed by atoms with E-state index >= 15 is 0 Å². The summed E-state index contributed by atoms with van der Waals surface area (Å²) in [6.45, 7) is 1.33. The molecule has 1 fully saturated rings. The van der Waals surface area contributed by atoms with Crippen molar-refractivity contribution in [3.05, 3.63) is 64.2 Å². The quantitative estimate of drug-likeness (QED) is 0.578. The van der Waals surface area contributed by atoms with Gasteiger partial charge in [-0.3, -0.25) is 10.1 Å². The number of fused-ring (bicyclic) bond motifs is 1. The largest absolute Gasteiger partial charge is 0.365 e. The highest BCUT2D eigenvalue weighted by Crippen LogP contribution is 2.34. The monoisotopic (exact) mass is 340 g/mol. The molecule has 1 saturated heterocycles. The Morgan fingerprint density at radius 1 is 1.28 bits per heavy atom. The lowest BCUT2D eigenvalue weighted by Gasteiger charge is -2.33. The van der Waals surface area contributed by atoms with Crippen LogP contribution >= 0.6 is 0 Å². The van der Waals surface area contributed by atoms with Gasteiger partial charge in [0.1, 0.15) is 17.3 Å². The molecule has 1 aliphatic heterocycles. The number of para-hydroxylation sites is 2. The first-order valence-corrected chi connectivity index (χ1v) is 8.25. The fourth-order valence-corrected chi connectivity index (χ4v) is 3.50. The average molecular weight is 340 g/mol. The summed E-state index contributed by atoms with van der Waals surface area (Å²) in [7, 11) is 0. The van der Waals surface area contributed by atoms with Crippen molar-refractivity contribution in [2.24, 2.45) is 0 Å². The molecular weight excluding hydrogens is 323 g/mol. The minimum absolute atomic E-state index is 0.158. The van der Waals surface area contributed by atoms with Crippen molar-refractivity contribution in [3.63, 3.8) is 0 Å². The van der Waals surface area contributed by atoms with E-state index in [1.54, 1.807) is 0 Å². The van der Waals surface area contributed by atoms with Gasteiger partial charge in [-0.15, -0.1) is 0 Å². The average Bonchev–Trinajstić information content (AvgIpc) is 3.06. The number of rotatable bonds is 3. The molecule has 0 radical (unpaired) electrons. The number of piperidine rings is 1. The highest BCUT2D eigenvalue weighted by atomic mass is 19.1. The lowest BCUT2D eigenvalue weighted by molar-refractivity contribution is -0.384. The number of aromatic amines is 1. The highest BCUT2D eigenvalue weighted by Gasteiger charge is 2.28. The van der Waals surface area contributed by atoms with Crippen LogP contribution in [0.5, 0.6) is 0 Å². The van der Waals surface area contributed by atoms with E-state index in [9.17, 15) is 14.5 Å². The summed E-state index contributed by atoms with van der Waals surface area (Å²) < 4.78 is 13.4. The second-order valence-corrected chi connectivity index (χ2v) is 6.31. The molecule has 1 atom stereocenters. The maximum absolute atomic E-state index is 13.4. The molecule has 2 heterocycles. The predicted molar refractivity (Wildman–Crippen MR) is 93.3 cm³/mol. The third kappa shape index (κ3) is 2.93. The molecule has 0 bridgehead atoms. The van der Waals surface area contributed by atoms with Crippen molar-refractivity contribution >= 4 is 22.4 Å². The number of nitro benzene ring substituents is 1. The van der Waals surface area contributed by atoms with E-state index in [1.807, 2.05) is 29.2 Å². The van der Waals surface area contributed by atoms with Crippen LogP contribution in [0.25, 0.3) is 11.0 Å². The third-order valence-electron chi connectivity index (χ3n) is 4.69. The van der Waals surface area contributed by atoms with Crippen LogP contribution in [0.3, 0.4) is 0 Å². The van der Waals surface area contributed by atoms with Gasteiger partial charge in [-0.1, -0.05) is 12.1 Å². The Hall–Kier alpha value is -2.96. The Kier molecular flexibility index (Phi) is 3.83. The molecule has 1 aromatic heterocycles. The zero-order chi connectivity index (χ0) is 17.4. The van der Waals surface area contributed by atoms with Crippen LogP contribution in [0.1, 0.15) is 24.6 Å². The molecule has 6 nitrogen and oxygen atoms in total. The molecule has 25 heavy (non-hydrogen) atoms. The van der Waals surface area contributed by atoms with Crippen LogP contribution in [0.15, 0.2) is 42.5 Å². The SMILES string of the molecule is O=[N+]([O-])c1cc(F)ccc1N1CCC[C@H](c2nc3ccccc3[nH]2)C1. The van der Waals surface area contributed by atoms with E-state index in [0.717, 1.165) is 35.8 Å². The Bertz CT molecular complexity index is 907. The maximum atomic E-state index is 13.4. The number of halogens is 1. The summed E-state index contributed by atoms with van der Waals surface area (Å²) in [6.07, 6.45) is 1.86. The van der Waals surface area contributed by atoms with Gasteiger partial charge < -0.3 is 9.88 Å². The molecule has 0 saturated carbocycles. The molecule has 0 spiro atoms. The van der Waals surface area contributed by atoms with Crippen LogP contribution in [0.2, 0.25) is 0 Å². The number of hydrogen-bond donors (Lipinski definition) is 1. The van der Waals surface area contributed by atoms with Gasteiger partial charge in [0.15, 0.2) is 0 Å². The predicted octanol–water partition coefficient (Wildman–Crippen LogP) is 3.99. The summed E-state index contributed by atoms with van der Waals surface area (Å²) in [5, 5.41) is 11.3. The fourth-order valence-electron chi connectivity index (χ4n) is 3.50. The number of benzene rings is 2. The van der Waals surface area contributed by atoms with Crippen LogP contribution < -0.4 is 4.90 Å². The summed E-state index contributed by atoms with van der Waals surface area (Å²) in [6, 6.07) is 11.6. The molecule has 1 aliphatic rings. The molecule has 0 amide bonds. The second kappa shape index (κ2) is 6.16. The first kappa shape index (κ1) is 15.6. The molecule has 128 valence electrons. The summed E-state index contributed by atoms with van der Waals surface area (Å²) in [4.78, 5) is 20.7. The molecule has 7 heteroatoms. The molecular formula is C18H17FN4O2. The van der Waals surface area contributed by atoms with Gasteiger partial charge in [0.2, 0.25) is 0 Å². The van der Waals surface area contributed by atoms with Gasteiger partial charge in [-0.2, -0.15) is 0 Å². The molecule has 2 aromatic carbocycles. The molecule has 0 aliphatic carbocycles. The first-order chi connectivity index (χ1) is 12.1. The smallest absolute Gasteiger partial charge is 0.295 e. The van der Waals surface area contributed by atoms with Gasteiger partial charge in [0.25, 0.3) is 5.69 Å². The van der Waals surface area contributed by atoms with Crippen molar-refractivity contribution in [1.82, 2.24) is 9.97 Å². The Balaban J connectivity index is 1.64. The van der Waals surface area contributed by atoms with Gasteiger partial charge in [0, 0.05) is 19.0 Å². The summed E-state index contributed by atoms with van der Waals surface area (Å²) >= 11 is 0. The van der Waals surface area contributed by atoms with Crippen molar-refractivity contribution < 1.29 is 9.31 Å². The number of nitrogens with one attached hydrogen (secondary N) is 1. The molecule has 0 unspecified atom stereocenters. The lowest BCUT2D eigenvalue weighted by atomic mass is 9.96. The van der Waals surface area contributed by atoms with Crippen LogP contribution in [0, 0.1) is 15.9 Å². The molecule has 4 rings (SSSR count). The molecule has 1 N–H and O–H groups in total. The third-order valence-corrected chi connectivity index (χ3v) is 4.69. The summed E-state index contributed by atoms with van der Waals surface area (Å²) in [5.74, 6) is 0.461. The number of imidazole rings is 1. The van der Waals surface area contributed by atoms with Crippen molar-refractivity contribution in [1.29, 1.82) is 0 Å². The maximum Gasteiger partial charge on any atom is 0.295 e. The van der Waals surface area contributed by atoms with E-state index in [4.69, 9.17) is 0 Å². The minimum Gasteiger partial charge on any atom is -0.365 e. The van der Waals surface area contributed by atoms with Crippen molar-refractivity contribution in [2.75, 3.05) is 18.0 Å². The number of H-pyrrole nitrogens is 1. The van der Waals surface area contributed by atoms with Crippen molar-refractivity contribution in [3.8, 4) is 0 Å². The second-order valence-electron chi connectivity index (χ2n) is 6.31. The van der Waals surface area contributed by atoms with E-state index in [-0.39, 0.29) is 11.6 Å². The van der Waals surface area contributed by atoms with Crippen LogP contribution in [0.4, 0.5) is 15.8 Å². The van der Waals surface area contributed by atoms with E-state index in [2.05, 4.69) is 9.97 Å². The van der Waals surface area contributed by atoms with Gasteiger partial charge in [-0.25, -0.2) is 9.37 Å². The van der Waals surface area contributed by atoms with Crippen molar-refractivity contribution in [2.45, 2.75) is 18.8 Å². The van der Waals surface area contributed by atoms with Gasteiger partial charge >= 0.3 is 0 Å². The Labute approximate surface area is 143 Å². The first-order valence-electron chi connectivity index (χ1n) is 8.25. The highest BCUT2D eigenvalue weighted by molar-refractivity contribution is 5.75. The van der Waals surface area contributed by atoms with E-state index < -0.39 is 10.7 Å². The zero-order valence-electron chi connectivity index (χ0n) is 13.5.